The third-order valence-corrected chi connectivity index (χ3v) is 3.84. The summed E-state index contributed by atoms with van der Waals surface area (Å²) in [4.78, 5) is 27.0. The molecule has 1 aliphatic heterocycles. The number of rotatable bonds is 3. The van der Waals surface area contributed by atoms with Crippen LogP contribution in [0.4, 0.5) is 0 Å². The molecule has 5 heteroatoms. The SMILES string of the molecule is O=C1C[C@@H](CC(=O)c2nc3ccccc3s2)N1. The number of carbonyl (C=O) groups is 2. The van der Waals surface area contributed by atoms with E-state index in [1.165, 1.54) is 11.3 Å². The molecule has 0 unspecified atom stereocenters. The Hall–Kier alpha value is -1.75. The summed E-state index contributed by atoms with van der Waals surface area (Å²) < 4.78 is 1.02. The zero-order chi connectivity index (χ0) is 11.8. The first-order valence-electron chi connectivity index (χ1n) is 5.40. The summed E-state index contributed by atoms with van der Waals surface area (Å²) in [7, 11) is 0. The zero-order valence-electron chi connectivity index (χ0n) is 8.97. The number of ketones is 1. The van der Waals surface area contributed by atoms with Gasteiger partial charge in [-0.25, -0.2) is 4.98 Å². The van der Waals surface area contributed by atoms with Gasteiger partial charge in [-0.15, -0.1) is 11.3 Å². The summed E-state index contributed by atoms with van der Waals surface area (Å²) in [5.74, 6) is 0.0308. The molecule has 1 amide bonds. The van der Waals surface area contributed by atoms with E-state index in [0.29, 0.717) is 17.8 Å². The van der Waals surface area contributed by atoms with Crippen LogP contribution in [-0.4, -0.2) is 22.7 Å². The number of β-lactam (4-membered cyclic amide) rings is 1. The predicted molar refractivity (Wildman–Crippen MR) is 65.1 cm³/mol. The van der Waals surface area contributed by atoms with Gasteiger partial charge in [-0.1, -0.05) is 12.1 Å². The summed E-state index contributed by atoms with van der Waals surface area (Å²) in [5, 5.41) is 3.23. The van der Waals surface area contributed by atoms with Gasteiger partial charge in [-0.05, 0) is 12.1 Å². The zero-order valence-corrected chi connectivity index (χ0v) is 9.79. The molecule has 86 valence electrons. The highest BCUT2D eigenvalue weighted by molar-refractivity contribution is 7.20. The lowest BCUT2D eigenvalue weighted by atomic mass is 10.0. The molecule has 0 radical (unpaired) electrons. The van der Waals surface area contributed by atoms with E-state index in [0.717, 1.165) is 10.2 Å². The van der Waals surface area contributed by atoms with Crippen molar-refractivity contribution in [1.29, 1.82) is 0 Å². The topological polar surface area (TPSA) is 59.1 Å². The lowest BCUT2D eigenvalue weighted by Crippen LogP contribution is -2.49. The van der Waals surface area contributed by atoms with Gasteiger partial charge in [0, 0.05) is 18.9 Å². The quantitative estimate of drug-likeness (QED) is 0.663. The second kappa shape index (κ2) is 3.92. The Bertz CT molecular complexity index is 564. The number of nitrogens with one attached hydrogen (secondary N) is 1. The number of thiazole rings is 1. The first kappa shape index (κ1) is 10.4. The maximum absolute atomic E-state index is 11.9. The minimum Gasteiger partial charge on any atom is -0.352 e. The van der Waals surface area contributed by atoms with Crippen molar-refractivity contribution in [3.63, 3.8) is 0 Å². The molecule has 1 aromatic carbocycles. The fraction of sp³-hybridized carbons (Fsp3) is 0.250. The molecule has 3 rings (SSSR count). The van der Waals surface area contributed by atoms with Crippen LogP contribution in [0.15, 0.2) is 24.3 Å². The number of benzene rings is 1. The number of aromatic nitrogens is 1. The van der Waals surface area contributed by atoms with E-state index in [1.807, 2.05) is 24.3 Å². The second-order valence-corrected chi connectivity index (χ2v) is 5.11. The molecule has 0 bridgehead atoms. The van der Waals surface area contributed by atoms with Crippen LogP contribution >= 0.6 is 11.3 Å². The molecule has 1 atom stereocenters. The lowest BCUT2D eigenvalue weighted by molar-refractivity contribution is -0.128. The van der Waals surface area contributed by atoms with Gasteiger partial charge in [0.2, 0.25) is 5.91 Å². The predicted octanol–water partition coefficient (Wildman–Crippen LogP) is 1.76. The van der Waals surface area contributed by atoms with Crippen molar-refractivity contribution in [2.75, 3.05) is 0 Å². The molecule has 1 fully saturated rings. The molecule has 1 aliphatic rings. The molecule has 0 saturated carbocycles. The Balaban J connectivity index is 1.78. The van der Waals surface area contributed by atoms with Crippen LogP contribution in [0.5, 0.6) is 0 Å². The van der Waals surface area contributed by atoms with Gasteiger partial charge in [0.25, 0.3) is 0 Å². The van der Waals surface area contributed by atoms with Crippen molar-refractivity contribution in [2.24, 2.45) is 0 Å². The van der Waals surface area contributed by atoms with Crippen LogP contribution in [0.25, 0.3) is 10.2 Å². The molecule has 0 aliphatic carbocycles. The van der Waals surface area contributed by atoms with Crippen LogP contribution in [-0.2, 0) is 4.79 Å². The molecule has 2 aromatic rings. The standard InChI is InChI=1S/C12H10N2O2S/c15-9(5-7-6-11(16)13-7)12-14-8-3-1-2-4-10(8)17-12/h1-4,7H,5-6H2,(H,13,16)/t7-/m1/s1. The minimum atomic E-state index is 0.00186. The van der Waals surface area contributed by atoms with Gasteiger partial charge >= 0.3 is 0 Å². The maximum atomic E-state index is 11.9. The van der Waals surface area contributed by atoms with E-state index in [4.69, 9.17) is 0 Å². The third-order valence-electron chi connectivity index (χ3n) is 2.76. The van der Waals surface area contributed by atoms with E-state index in [2.05, 4.69) is 10.3 Å². The maximum Gasteiger partial charge on any atom is 0.222 e. The number of carbonyl (C=O) groups excluding carboxylic acids is 2. The smallest absolute Gasteiger partial charge is 0.222 e. The minimum absolute atomic E-state index is 0.00186. The number of amides is 1. The molecule has 1 saturated heterocycles. The van der Waals surface area contributed by atoms with Crippen LogP contribution in [0.1, 0.15) is 22.6 Å². The number of Topliss-reactive ketones (excluding diaryl/α,β-unsaturated/α-hetero) is 1. The summed E-state index contributed by atoms with van der Waals surface area (Å²) in [6.45, 7) is 0. The Morgan fingerprint density at radius 3 is 2.94 bits per heavy atom. The summed E-state index contributed by atoms with van der Waals surface area (Å²) >= 11 is 1.41. The van der Waals surface area contributed by atoms with Crippen molar-refractivity contribution >= 4 is 33.2 Å². The number of fused-ring (bicyclic) bond motifs is 1. The fourth-order valence-electron chi connectivity index (χ4n) is 1.86. The molecule has 4 nitrogen and oxygen atoms in total. The largest absolute Gasteiger partial charge is 0.352 e. The van der Waals surface area contributed by atoms with E-state index >= 15 is 0 Å². The third kappa shape index (κ3) is 1.93. The van der Waals surface area contributed by atoms with E-state index < -0.39 is 0 Å². The Morgan fingerprint density at radius 2 is 2.24 bits per heavy atom. The van der Waals surface area contributed by atoms with Crippen molar-refractivity contribution in [3.05, 3.63) is 29.3 Å². The van der Waals surface area contributed by atoms with E-state index in [9.17, 15) is 9.59 Å². The average Bonchev–Trinajstić information content (AvgIpc) is 2.70. The Morgan fingerprint density at radius 1 is 1.47 bits per heavy atom. The average molecular weight is 246 g/mol. The van der Waals surface area contributed by atoms with E-state index in [1.54, 1.807) is 0 Å². The van der Waals surface area contributed by atoms with Crippen molar-refractivity contribution in [3.8, 4) is 0 Å². The first-order valence-corrected chi connectivity index (χ1v) is 6.22. The summed E-state index contributed by atoms with van der Waals surface area (Å²) in [6.07, 6.45) is 0.808. The molecule has 17 heavy (non-hydrogen) atoms. The number of hydrogen-bond donors (Lipinski definition) is 1. The van der Waals surface area contributed by atoms with Crippen molar-refractivity contribution in [2.45, 2.75) is 18.9 Å². The van der Waals surface area contributed by atoms with Gasteiger partial charge in [0.15, 0.2) is 10.8 Å². The van der Waals surface area contributed by atoms with Crippen LogP contribution < -0.4 is 5.32 Å². The number of para-hydroxylation sites is 1. The van der Waals surface area contributed by atoms with Crippen LogP contribution in [0.2, 0.25) is 0 Å². The molecule has 1 N–H and O–H groups in total. The second-order valence-electron chi connectivity index (χ2n) is 4.08. The van der Waals surface area contributed by atoms with Crippen LogP contribution in [0, 0.1) is 0 Å². The van der Waals surface area contributed by atoms with Gasteiger partial charge < -0.3 is 5.32 Å². The summed E-state index contributed by atoms with van der Waals surface area (Å²) in [5.41, 5.74) is 0.860. The highest BCUT2D eigenvalue weighted by Crippen LogP contribution is 2.23. The van der Waals surface area contributed by atoms with Crippen molar-refractivity contribution < 1.29 is 9.59 Å². The van der Waals surface area contributed by atoms with Gasteiger partial charge in [-0.3, -0.25) is 9.59 Å². The molecule has 2 heterocycles. The molecule has 1 aromatic heterocycles. The first-order chi connectivity index (χ1) is 8.22. The van der Waals surface area contributed by atoms with E-state index in [-0.39, 0.29) is 17.7 Å². The van der Waals surface area contributed by atoms with Crippen molar-refractivity contribution in [1.82, 2.24) is 10.3 Å². The van der Waals surface area contributed by atoms with Gasteiger partial charge in [-0.2, -0.15) is 0 Å². The Labute approximate surface area is 102 Å². The molecule has 0 spiro atoms. The fourth-order valence-corrected chi connectivity index (χ4v) is 2.77. The normalized spacial score (nSPS) is 18.8. The summed E-state index contributed by atoms with van der Waals surface area (Å²) in [6, 6.07) is 7.69. The number of hydrogen-bond acceptors (Lipinski definition) is 4. The highest BCUT2D eigenvalue weighted by atomic mass is 32.1. The van der Waals surface area contributed by atoms with Crippen LogP contribution in [0.3, 0.4) is 0 Å². The highest BCUT2D eigenvalue weighted by Gasteiger charge is 2.28. The van der Waals surface area contributed by atoms with Gasteiger partial charge in [0.05, 0.1) is 10.2 Å². The number of nitrogens with zero attached hydrogens (tertiary/aromatic N) is 1. The lowest BCUT2D eigenvalue weighted by Gasteiger charge is -2.25. The monoisotopic (exact) mass is 246 g/mol. The Kier molecular flexibility index (Phi) is 2.40. The van der Waals surface area contributed by atoms with Gasteiger partial charge in [0.1, 0.15) is 0 Å². The molecular formula is C12H10N2O2S. The molecular weight excluding hydrogens is 236 g/mol.